The van der Waals surface area contributed by atoms with Crippen molar-refractivity contribution < 1.29 is 5.11 Å². The van der Waals surface area contributed by atoms with Crippen LogP contribution in [-0.2, 0) is 0 Å². The maximum absolute atomic E-state index is 9.25. The zero-order valence-corrected chi connectivity index (χ0v) is 5.96. The molecule has 0 radical (unpaired) electrons. The summed E-state index contributed by atoms with van der Waals surface area (Å²) in [5, 5.41) is 9.25. The fourth-order valence-electron chi connectivity index (χ4n) is 1.85. The minimum Gasteiger partial charge on any atom is -0.389 e. The summed E-state index contributed by atoms with van der Waals surface area (Å²) < 4.78 is 0. The molecule has 2 rings (SSSR count). The summed E-state index contributed by atoms with van der Waals surface area (Å²) in [5.41, 5.74) is 1.36. The smallest absolute Gasteiger partial charge is 0.0732 e. The van der Waals surface area contributed by atoms with Gasteiger partial charge in [0, 0.05) is 0 Å². The number of fused-ring (bicyclic) bond motifs is 1. The summed E-state index contributed by atoms with van der Waals surface area (Å²) in [5.74, 6) is 0.667. The maximum Gasteiger partial charge on any atom is 0.0732 e. The van der Waals surface area contributed by atoms with Crippen LogP contribution in [0.25, 0.3) is 0 Å². The summed E-state index contributed by atoms with van der Waals surface area (Å²) in [6.45, 7) is 0. The van der Waals surface area contributed by atoms with E-state index in [2.05, 4.69) is 12.2 Å². The molecular formula is C9H12O. The van der Waals surface area contributed by atoms with Gasteiger partial charge in [-0.25, -0.2) is 0 Å². The largest absolute Gasteiger partial charge is 0.389 e. The highest BCUT2D eigenvalue weighted by Gasteiger charge is 2.24. The van der Waals surface area contributed by atoms with Gasteiger partial charge in [-0.05, 0) is 30.8 Å². The van der Waals surface area contributed by atoms with Gasteiger partial charge < -0.3 is 5.11 Å². The monoisotopic (exact) mass is 136 g/mol. The van der Waals surface area contributed by atoms with Gasteiger partial charge in [-0.1, -0.05) is 18.2 Å². The average Bonchev–Trinajstić information content (AvgIpc) is 2.27. The van der Waals surface area contributed by atoms with Crippen molar-refractivity contribution in [3.63, 3.8) is 0 Å². The number of allylic oxidation sites excluding steroid dienone is 3. The van der Waals surface area contributed by atoms with E-state index in [9.17, 15) is 5.11 Å². The number of aliphatic hydroxyl groups excluding tert-OH is 1. The van der Waals surface area contributed by atoms with Crippen LogP contribution in [0.1, 0.15) is 19.3 Å². The predicted octanol–water partition coefficient (Wildman–Crippen LogP) is 1.64. The Kier molecular flexibility index (Phi) is 1.38. The molecule has 2 aliphatic rings. The van der Waals surface area contributed by atoms with E-state index in [1.165, 1.54) is 18.4 Å². The Bertz CT molecular complexity index is 191. The number of hydrogen-bond acceptors (Lipinski definition) is 1. The second-order valence-corrected chi connectivity index (χ2v) is 3.15. The number of aliphatic hydroxyl groups is 1. The average molecular weight is 136 g/mol. The van der Waals surface area contributed by atoms with E-state index in [-0.39, 0.29) is 6.10 Å². The van der Waals surface area contributed by atoms with Gasteiger partial charge in [-0.3, -0.25) is 0 Å². The first-order valence-corrected chi connectivity index (χ1v) is 3.92. The van der Waals surface area contributed by atoms with Crippen molar-refractivity contribution in [2.24, 2.45) is 5.92 Å². The lowest BCUT2D eigenvalue weighted by molar-refractivity contribution is 0.208. The molecule has 1 nitrogen and oxygen atoms in total. The first-order chi connectivity index (χ1) is 4.86. The van der Waals surface area contributed by atoms with Crippen LogP contribution in [0.5, 0.6) is 0 Å². The lowest BCUT2D eigenvalue weighted by Crippen LogP contribution is -2.04. The van der Waals surface area contributed by atoms with E-state index >= 15 is 0 Å². The van der Waals surface area contributed by atoms with Crippen molar-refractivity contribution in [1.29, 1.82) is 0 Å². The predicted molar refractivity (Wildman–Crippen MR) is 40.6 cm³/mol. The van der Waals surface area contributed by atoms with Crippen molar-refractivity contribution in [3.8, 4) is 0 Å². The topological polar surface area (TPSA) is 20.2 Å². The molecule has 0 unspecified atom stereocenters. The highest BCUT2D eigenvalue weighted by molar-refractivity contribution is 5.30. The van der Waals surface area contributed by atoms with E-state index < -0.39 is 0 Å². The molecule has 0 aromatic heterocycles. The Balaban J connectivity index is 2.22. The van der Waals surface area contributed by atoms with Crippen LogP contribution >= 0.6 is 0 Å². The van der Waals surface area contributed by atoms with Gasteiger partial charge in [-0.15, -0.1) is 0 Å². The van der Waals surface area contributed by atoms with Gasteiger partial charge in [-0.2, -0.15) is 0 Å². The fourth-order valence-corrected chi connectivity index (χ4v) is 1.85. The van der Waals surface area contributed by atoms with Gasteiger partial charge in [0.2, 0.25) is 0 Å². The maximum atomic E-state index is 9.25. The molecule has 1 N–H and O–H groups in total. The van der Waals surface area contributed by atoms with Crippen LogP contribution in [0, 0.1) is 5.92 Å². The minimum atomic E-state index is -0.164. The third-order valence-electron chi connectivity index (χ3n) is 2.37. The van der Waals surface area contributed by atoms with Crippen LogP contribution in [0.2, 0.25) is 0 Å². The van der Waals surface area contributed by atoms with E-state index in [0.29, 0.717) is 5.92 Å². The lowest BCUT2D eigenvalue weighted by atomic mass is 9.91. The van der Waals surface area contributed by atoms with Crippen molar-refractivity contribution in [3.05, 3.63) is 23.8 Å². The van der Waals surface area contributed by atoms with Crippen molar-refractivity contribution >= 4 is 0 Å². The minimum absolute atomic E-state index is 0.164. The summed E-state index contributed by atoms with van der Waals surface area (Å²) >= 11 is 0. The first-order valence-electron chi connectivity index (χ1n) is 3.92. The van der Waals surface area contributed by atoms with Gasteiger partial charge >= 0.3 is 0 Å². The second kappa shape index (κ2) is 2.24. The van der Waals surface area contributed by atoms with Gasteiger partial charge in [0.05, 0.1) is 6.10 Å². The molecule has 0 bridgehead atoms. The molecule has 0 spiro atoms. The summed E-state index contributed by atoms with van der Waals surface area (Å²) in [4.78, 5) is 0. The SMILES string of the molecule is O[C@H]1C=C2C=CCC[C@H]2C1. The van der Waals surface area contributed by atoms with Gasteiger partial charge in [0.15, 0.2) is 0 Å². The Morgan fingerprint density at radius 1 is 1.50 bits per heavy atom. The molecule has 0 heterocycles. The normalized spacial score (nSPS) is 37.5. The standard InChI is InChI=1S/C9H12O/c10-9-5-7-3-1-2-4-8(7)6-9/h1,3,5,8-10H,2,4,6H2/t8-,9-/m0/s1. The lowest BCUT2D eigenvalue weighted by Gasteiger charge is -2.14. The van der Waals surface area contributed by atoms with E-state index in [1.807, 2.05) is 6.08 Å². The van der Waals surface area contributed by atoms with Crippen LogP contribution < -0.4 is 0 Å². The third kappa shape index (κ3) is 0.907. The summed E-state index contributed by atoms with van der Waals surface area (Å²) in [6.07, 6.45) is 9.56. The Labute approximate surface area is 61.1 Å². The van der Waals surface area contributed by atoms with Crippen LogP contribution in [0.15, 0.2) is 23.8 Å². The highest BCUT2D eigenvalue weighted by Crippen LogP contribution is 2.33. The Hall–Kier alpha value is -0.560. The van der Waals surface area contributed by atoms with Crippen LogP contribution in [0.4, 0.5) is 0 Å². The van der Waals surface area contributed by atoms with Crippen molar-refractivity contribution in [2.75, 3.05) is 0 Å². The second-order valence-electron chi connectivity index (χ2n) is 3.15. The molecule has 0 aromatic rings. The molecule has 2 aliphatic carbocycles. The molecule has 1 heteroatoms. The van der Waals surface area contributed by atoms with Crippen molar-refractivity contribution in [1.82, 2.24) is 0 Å². The van der Waals surface area contributed by atoms with E-state index in [0.717, 1.165) is 6.42 Å². The number of rotatable bonds is 0. The quantitative estimate of drug-likeness (QED) is 0.536. The van der Waals surface area contributed by atoms with E-state index in [1.54, 1.807) is 0 Å². The molecule has 0 aromatic carbocycles. The molecule has 0 saturated carbocycles. The summed E-state index contributed by atoms with van der Waals surface area (Å²) in [7, 11) is 0. The fraction of sp³-hybridized carbons (Fsp3) is 0.556. The molecule has 0 saturated heterocycles. The van der Waals surface area contributed by atoms with Gasteiger partial charge in [0.1, 0.15) is 0 Å². The van der Waals surface area contributed by atoms with E-state index in [4.69, 9.17) is 0 Å². The molecule has 0 fully saturated rings. The molecular weight excluding hydrogens is 124 g/mol. The zero-order chi connectivity index (χ0) is 6.97. The first kappa shape index (κ1) is 6.17. The molecule has 2 atom stereocenters. The van der Waals surface area contributed by atoms with Crippen molar-refractivity contribution in [2.45, 2.75) is 25.4 Å². The Morgan fingerprint density at radius 2 is 2.40 bits per heavy atom. The van der Waals surface area contributed by atoms with Gasteiger partial charge in [0.25, 0.3) is 0 Å². The Morgan fingerprint density at radius 3 is 3.20 bits per heavy atom. The third-order valence-corrected chi connectivity index (χ3v) is 2.37. The molecule has 0 aliphatic heterocycles. The molecule has 54 valence electrons. The highest BCUT2D eigenvalue weighted by atomic mass is 16.3. The zero-order valence-electron chi connectivity index (χ0n) is 5.96. The molecule has 0 amide bonds. The van der Waals surface area contributed by atoms with Crippen LogP contribution in [0.3, 0.4) is 0 Å². The van der Waals surface area contributed by atoms with Crippen LogP contribution in [-0.4, -0.2) is 11.2 Å². The summed E-state index contributed by atoms with van der Waals surface area (Å²) in [6, 6.07) is 0. The molecule has 10 heavy (non-hydrogen) atoms. The number of hydrogen-bond donors (Lipinski definition) is 1.